The minimum Gasteiger partial charge on any atom is -0.496 e. The number of H-pyrrole nitrogens is 1. The van der Waals surface area contributed by atoms with E-state index in [4.69, 9.17) is 18.4 Å². The quantitative estimate of drug-likeness (QED) is 0.534. The fraction of sp³-hybridized carbons (Fsp3) is 0.263. The van der Waals surface area contributed by atoms with Crippen LogP contribution in [0.2, 0.25) is 0 Å². The van der Waals surface area contributed by atoms with Gasteiger partial charge < -0.3 is 18.4 Å². The van der Waals surface area contributed by atoms with Crippen LogP contribution in [0.15, 0.2) is 25.9 Å². The summed E-state index contributed by atoms with van der Waals surface area (Å²) in [6.07, 6.45) is 0. The lowest BCUT2D eigenvalue weighted by Crippen LogP contribution is -2.08. The molecular weight excluding hydrogens is 366 g/mol. The molecule has 0 bridgehead atoms. The van der Waals surface area contributed by atoms with Crippen LogP contribution in [0.3, 0.4) is 0 Å². The van der Waals surface area contributed by atoms with Crippen molar-refractivity contribution in [3.8, 4) is 16.9 Å². The van der Waals surface area contributed by atoms with Crippen molar-refractivity contribution >= 4 is 28.0 Å². The van der Waals surface area contributed by atoms with Crippen LogP contribution in [0.5, 0.6) is 5.75 Å². The second-order valence-electron chi connectivity index (χ2n) is 6.17. The summed E-state index contributed by atoms with van der Waals surface area (Å²) in [4.78, 5) is 31.2. The minimum absolute atomic E-state index is 0.0445. The maximum absolute atomic E-state index is 12.3. The molecule has 0 unspecified atom stereocenters. The van der Waals surface area contributed by atoms with Crippen molar-refractivity contribution in [2.45, 2.75) is 20.8 Å². The molecule has 1 N–H and O–H groups in total. The average molecular weight is 383 g/mol. The number of hydrogen-bond acceptors (Lipinski definition) is 8. The van der Waals surface area contributed by atoms with Gasteiger partial charge in [0.25, 0.3) is 0 Å². The number of aromatic amines is 1. The molecule has 9 nitrogen and oxygen atoms in total. The van der Waals surface area contributed by atoms with Crippen LogP contribution in [0.1, 0.15) is 28.9 Å². The predicted molar refractivity (Wildman–Crippen MR) is 99.6 cm³/mol. The van der Waals surface area contributed by atoms with Crippen molar-refractivity contribution < 1.29 is 23.2 Å². The molecule has 4 aromatic rings. The van der Waals surface area contributed by atoms with Gasteiger partial charge in [0.15, 0.2) is 11.3 Å². The molecule has 0 atom stereocenters. The van der Waals surface area contributed by atoms with Crippen LogP contribution in [-0.4, -0.2) is 34.8 Å². The highest BCUT2D eigenvalue weighted by Crippen LogP contribution is 2.39. The Kier molecular flexibility index (Phi) is 4.14. The van der Waals surface area contributed by atoms with Gasteiger partial charge >= 0.3 is 11.7 Å². The first kappa shape index (κ1) is 17.8. The molecule has 0 saturated heterocycles. The Morgan fingerprint density at radius 3 is 2.71 bits per heavy atom. The number of hydrogen-bond donors (Lipinski definition) is 1. The molecule has 3 aromatic heterocycles. The number of aryl methyl sites for hydroxylation is 2. The summed E-state index contributed by atoms with van der Waals surface area (Å²) in [5.41, 5.74) is 2.96. The second kappa shape index (κ2) is 6.52. The van der Waals surface area contributed by atoms with Gasteiger partial charge in [-0.15, -0.1) is 0 Å². The monoisotopic (exact) mass is 383 g/mol. The Morgan fingerprint density at radius 1 is 1.29 bits per heavy atom. The molecular formula is C19H17N3O6. The SMILES string of the molecule is CCOC(=O)c1nc2cc(-c3c(C)noc3C)c(OC)cc2c2[nH]c(=O)oc12. The molecule has 4 rings (SSSR count). The molecule has 0 amide bonds. The topological polar surface area (TPSA) is 120 Å². The van der Waals surface area contributed by atoms with Crippen molar-refractivity contribution in [2.24, 2.45) is 0 Å². The van der Waals surface area contributed by atoms with Crippen LogP contribution in [0.4, 0.5) is 0 Å². The number of carbonyl (C=O) groups is 1. The van der Waals surface area contributed by atoms with Crippen molar-refractivity contribution in [1.29, 1.82) is 0 Å². The van der Waals surface area contributed by atoms with E-state index in [1.807, 2.05) is 6.92 Å². The largest absolute Gasteiger partial charge is 0.496 e. The summed E-state index contributed by atoms with van der Waals surface area (Å²) in [5.74, 6) is -0.204. The zero-order valence-corrected chi connectivity index (χ0v) is 15.7. The van der Waals surface area contributed by atoms with E-state index < -0.39 is 11.7 Å². The van der Waals surface area contributed by atoms with Crippen LogP contribution in [-0.2, 0) is 4.74 Å². The molecule has 0 spiro atoms. The average Bonchev–Trinajstić information content (AvgIpc) is 3.21. The fourth-order valence-corrected chi connectivity index (χ4v) is 3.29. The smallest absolute Gasteiger partial charge is 0.417 e. The number of nitrogens with one attached hydrogen (secondary N) is 1. The molecule has 144 valence electrons. The normalized spacial score (nSPS) is 11.3. The molecule has 1 aromatic carbocycles. The lowest BCUT2D eigenvalue weighted by atomic mass is 10.00. The van der Waals surface area contributed by atoms with Crippen molar-refractivity contribution in [1.82, 2.24) is 15.1 Å². The Morgan fingerprint density at radius 2 is 2.07 bits per heavy atom. The molecule has 0 aliphatic rings. The third-order valence-electron chi connectivity index (χ3n) is 4.45. The summed E-state index contributed by atoms with van der Waals surface area (Å²) in [7, 11) is 1.54. The maximum Gasteiger partial charge on any atom is 0.417 e. The zero-order valence-electron chi connectivity index (χ0n) is 15.7. The first-order valence-corrected chi connectivity index (χ1v) is 8.59. The van der Waals surface area contributed by atoms with E-state index in [9.17, 15) is 9.59 Å². The molecule has 0 aliphatic heterocycles. The predicted octanol–water partition coefficient (Wildman–Crippen LogP) is 3.13. The number of ether oxygens (including phenoxy) is 2. The highest BCUT2D eigenvalue weighted by molar-refractivity contribution is 6.10. The summed E-state index contributed by atoms with van der Waals surface area (Å²) in [5, 5.41) is 4.55. The van der Waals surface area contributed by atoms with Crippen LogP contribution in [0, 0.1) is 13.8 Å². The molecule has 3 heterocycles. The number of esters is 1. The molecule has 0 aliphatic carbocycles. The number of methoxy groups -OCH3 is 1. The molecule has 9 heteroatoms. The Bertz CT molecular complexity index is 1260. The van der Waals surface area contributed by atoms with E-state index in [0.29, 0.717) is 39.2 Å². The summed E-state index contributed by atoms with van der Waals surface area (Å²) >= 11 is 0. The maximum atomic E-state index is 12.3. The highest BCUT2D eigenvalue weighted by atomic mass is 16.5. The number of oxazole rings is 1. The number of benzene rings is 1. The number of carbonyl (C=O) groups excluding carboxylic acids is 1. The lowest BCUT2D eigenvalue weighted by Gasteiger charge is -2.11. The van der Waals surface area contributed by atoms with Crippen molar-refractivity contribution in [3.63, 3.8) is 0 Å². The van der Waals surface area contributed by atoms with Gasteiger partial charge in [0.2, 0.25) is 0 Å². The number of fused-ring (bicyclic) bond motifs is 3. The summed E-state index contributed by atoms with van der Waals surface area (Å²) in [6, 6.07) is 3.49. The van der Waals surface area contributed by atoms with Gasteiger partial charge in [-0.25, -0.2) is 14.6 Å². The first-order chi connectivity index (χ1) is 13.4. The molecule has 28 heavy (non-hydrogen) atoms. The Balaban J connectivity index is 2.10. The van der Waals surface area contributed by atoms with Gasteiger partial charge in [0, 0.05) is 10.9 Å². The first-order valence-electron chi connectivity index (χ1n) is 8.59. The number of nitrogens with zero attached hydrogens (tertiary/aromatic N) is 2. The fourth-order valence-electron chi connectivity index (χ4n) is 3.29. The van der Waals surface area contributed by atoms with Gasteiger partial charge in [-0.1, -0.05) is 5.16 Å². The van der Waals surface area contributed by atoms with Crippen molar-refractivity contribution in [2.75, 3.05) is 13.7 Å². The van der Waals surface area contributed by atoms with Crippen molar-refractivity contribution in [3.05, 3.63) is 39.8 Å². The Hall–Kier alpha value is -3.62. The lowest BCUT2D eigenvalue weighted by molar-refractivity contribution is 0.0521. The van der Waals surface area contributed by atoms with E-state index in [1.54, 1.807) is 33.1 Å². The third kappa shape index (κ3) is 2.63. The standard InChI is InChI=1S/C19H17N3O6/c1-5-26-18(23)16-17-15(21-19(24)27-17)10-7-13(25-4)11(6-12(10)20-16)14-8(2)22-28-9(14)3/h6-7H,5H2,1-4H3,(H,21,24). The summed E-state index contributed by atoms with van der Waals surface area (Å²) < 4.78 is 21.0. The number of rotatable bonds is 4. The van der Waals surface area contributed by atoms with E-state index in [1.165, 1.54) is 0 Å². The molecule has 0 radical (unpaired) electrons. The van der Waals surface area contributed by atoms with Crippen LogP contribution >= 0.6 is 0 Å². The van der Waals surface area contributed by atoms with Gasteiger partial charge in [0.1, 0.15) is 11.5 Å². The van der Waals surface area contributed by atoms with Gasteiger partial charge in [0.05, 0.1) is 36.0 Å². The Labute approximate surface area is 158 Å². The third-order valence-corrected chi connectivity index (χ3v) is 4.45. The van der Waals surface area contributed by atoms with Crippen LogP contribution < -0.4 is 10.5 Å². The number of pyridine rings is 1. The number of aromatic nitrogens is 3. The summed E-state index contributed by atoms with van der Waals surface area (Å²) in [6.45, 7) is 5.47. The second-order valence-corrected chi connectivity index (χ2v) is 6.17. The van der Waals surface area contributed by atoms with E-state index in [0.717, 1.165) is 5.56 Å². The zero-order chi connectivity index (χ0) is 20.0. The minimum atomic E-state index is -0.691. The molecule has 0 fully saturated rings. The van der Waals surface area contributed by atoms with E-state index >= 15 is 0 Å². The van der Waals surface area contributed by atoms with Gasteiger partial charge in [-0.2, -0.15) is 0 Å². The van der Waals surface area contributed by atoms with Gasteiger partial charge in [-0.3, -0.25) is 4.98 Å². The highest BCUT2D eigenvalue weighted by Gasteiger charge is 2.23. The van der Waals surface area contributed by atoms with Gasteiger partial charge in [-0.05, 0) is 32.9 Å². The molecule has 0 saturated carbocycles. The van der Waals surface area contributed by atoms with E-state index in [-0.39, 0.29) is 17.9 Å². The van der Waals surface area contributed by atoms with Crippen LogP contribution in [0.25, 0.3) is 33.1 Å². The van der Waals surface area contributed by atoms with E-state index in [2.05, 4.69) is 15.1 Å².